The highest BCUT2D eigenvalue weighted by molar-refractivity contribution is 6.31. The quantitative estimate of drug-likeness (QED) is 0.632. The van der Waals surface area contributed by atoms with E-state index in [2.05, 4.69) is 20.6 Å². The highest BCUT2D eigenvalue weighted by Crippen LogP contribution is 2.27. The number of fused-ring (bicyclic) bond motifs is 1. The first-order chi connectivity index (χ1) is 15.3. The highest BCUT2D eigenvalue weighted by Gasteiger charge is 2.32. The number of carbonyl (C=O) groups is 3. The van der Waals surface area contributed by atoms with Crippen LogP contribution in [0.25, 0.3) is 0 Å². The molecule has 8 nitrogen and oxygen atoms in total. The van der Waals surface area contributed by atoms with Gasteiger partial charge >= 0.3 is 0 Å². The minimum absolute atomic E-state index is 0.209. The third kappa shape index (κ3) is 4.45. The number of nitrogens with one attached hydrogen (secondary N) is 2. The van der Waals surface area contributed by atoms with Crippen molar-refractivity contribution in [3.05, 3.63) is 82.3 Å². The Hall–Kier alpha value is -3.78. The molecule has 32 heavy (non-hydrogen) atoms. The summed E-state index contributed by atoms with van der Waals surface area (Å²) in [7, 11) is 0. The molecule has 162 valence electrons. The summed E-state index contributed by atoms with van der Waals surface area (Å²) in [5, 5.41) is 5.90. The summed E-state index contributed by atoms with van der Waals surface area (Å²) in [5.41, 5.74) is 2.69. The minimum Gasteiger partial charge on any atom is -0.324 e. The molecule has 1 aromatic heterocycles. The zero-order chi connectivity index (χ0) is 22.8. The highest BCUT2D eigenvalue weighted by atomic mass is 35.5. The lowest BCUT2D eigenvalue weighted by Gasteiger charge is -2.26. The Labute approximate surface area is 189 Å². The second-order valence-corrected chi connectivity index (χ2v) is 7.92. The Bertz CT molecular complexity index is 1210. The molecular formula is C23H20ClN5O3. The number of hydrogen-bond donors (Lipinski definition) is 2. The van der Waals surface area contributed by atoms with Crippen LogP contribution in [0.4, 0.5) is 11.5 Å². The van der Waals surface area contributed by atoms with Crippen LogP contribution in [0.3, 0.4) is 0 Å². The summed E-state index contributed by atoms with van der Waals surface area (Å²) in [6.07, 6.45) is 3.07. The third-order valence-corrected chi connectivity index (χ3v) is 5.38. The van der Waals surface area contributed by atoms with Crippen LogP contribution in [0.15, 0.2) is 54.9 Å². The maximum atomic E-state index is 13.1. The topological polar surface area (TPSA) is 104 Å². The molecule has 2 heterocycles. The van der Waals surface area contributed by atoms with E-state index in [0.717, 1.165) is 5.56 Å². The van der Waals surface area contributed by atoms with Gasteiger partial charge in [0.2, 0.25) is 5.91 Å². The molecule has 3 aromatic rings. The molecular weight excluding hydrogens is 430 g/mol. The van der Waals surface area contributed by atoms with Crippen molar-refractivity contribution in [1.82, 2.24) is 14.9 Å². The molecule has 1 aliphatic rings. The van der Waals surface area contributed by atoms with Gasteiger partial charge < -0.3 is 15.5 Å². The number of carbonyl (C=O) groups excluding carboxylic acids is 3. The average Bonchev–Trinajstić information content (AvgIpc) is 2.84. The Morgan fingerprint density at radius 3 is 2.62 bits per heavy atom. The van der Waals surface area contributed by atoms with E-state index in [9.17, 15) is 14.4 Å². The van der Waals surface area contributed by atoms with E-state index in [-0.39, 0.29) is 24.3 Å². The van der Waals surface area contributed by atoms with Crippen molar-refractivity contribution >= 4 is 40.8 Å². The predicted octanol–water partition coefficient (Wildman–Crippen LogP) is 3.67. The SMILES string of the molecule is Cc1cncc(NC(=O)c2ccc(CN3C(=O)c4ccc(Cl)cc4NC(=O)C3C)cc2)n1. The second kappa shape index (κ2) is 8.76. The number of halogens is 1. The molecule has 0 aliphatic carbocycles. The van der Waals surface area contributed by atoms with Gasteiger partial charge in [0.1, 0.15) is 6.04 Å². The predicted molar refractivity (Wildman–Crippen MR) is 121 cm³/mol. The van der Waals surface area contributed by atoms with Crippen molar-refractivity contribution in [2.45, 2.75) is 26.4 Å². The first kappa shape index (κ1) is 21.5. The minimum atomic E-state index is -0.684. The van der Waals surface area contributed by atoms with Crippen molar-refractivity contribution in [1.29, 1.82) is 0 Å². The Morgan fingerprint density at radius 2 is 1.91 bits per heavy atom. The summed E-state index contributed by atoms with van der Waals surface area (Å²) in [5.74, 6) is -0.523. The molecule has 1 aliphatic heterocycles. The summed E-state index contributed by atoms with van der Waals surface area (Å²) in [6.45, 7) is 3.67. The van der Waals surface area contributed by atoms with Crippen LogP contribution in [0.2, 0.25) is 5.02 Å². The lowest BCUT2D eigenvalue weighted by Crippen LogP contribution is -2.42. The average molecular weight is 450 g/mol. The summed E-state index contributed by atoms with van der Waals surface area (Å²) < 4.78 is 0. The van der Waals surface area contributed by atoms with Gasteiger partial charge in [-0.1, -0.05) is 23.7 Å². The number of aryl methyl sites for hydroxylation is 1. The van der Waals surface area contributed by atoms with E-state index in [1.165, 1.54) is 11.1 Å². The van der Waals surface area contributed by atoms with Gasteiger partial charge in [-0.2, -0.15) is 0 Å². The van der Waals surface area contributed by atoms with Crippen LogP contribution >= 0.6 is 11.6 Å². The van der Waals surface area contributed by atoms with Crippen LogP contribution in [0.1, 0.15) is 38.9 Å². The van der Waals surface area contributed by atoms with Crippen molar-refractivity contribution in [2.24, 2.45) is 0 Å². The number of anilines is 2. The fraction of sp³-hybridized carbons (Fsp3) is 0.174. The first-order valence-electron chi connectivity index (χ1n) is 9.92. The zero-order valence-corrected chi connectivity index (χ0v) is 18.2. The van der Waals surface area contributed by atoms with Gasteiger partial charge in [0.05, 0.1) is 23.1 Å². The smallest absolute Gasteiger partial charge is 0.256 e. The lowest BCUT2D eigenvalue weighted by atomic mass is 10.1. The molecule has 2 aromatic carbocycles. The fourth-order valence-electron chi connectivity index (χ4n) is 3.39. The molecule has 0 radical (unpaired) electrons. The van der Waals surface area contributed by atoms with Gasteiger partial charge in [-0.25, -0.2) is 4.98 Å². The van der Waals surface area contributed by atoms with Crippen molar-refractivity contribution in [2.75, 3.05) is 10.6 Å². The van der Waals surface area contributed by atoms with Crippen molar-refractivity contribution in [3.8, 4) is 0 Å². The molecule has 0 spiro atoms. The van der Waals surface area contributed by atoms with Gasteiger partial charge in [-0.05, 0) is 49.7 Å². The zero-order valence-electron chi connectivity index (χ0n) is 17.4. The van der Waals surface area contributed by atoms with E-state index >= 15 is 0 Å². The van der Waals surface area contributed by atoms with E-state index in [4.69, 9.17) is 11.6 Å². The summed E-state index contributed by atoms with van der Waals surface area (Å²) in [6, 6.07) is 10.9. The second-order valence-electron chi connectivity index (χ2n) is 7.48. The molecule has 0 bridgehead atoms. The van der Waals surface area contributed by atoms with Crippen LogP contribution < -0.4 is 10.6 Å². The van der Waals surface area contributed by atoms with E-state index in [1.807, 2.05) is 0 Å². The van der Waals surface area contributed by atoms with Gasteiger partial charge in [-0.15, -0.1) is 0 Å². The summed E-state index contributed by atoms with van der Waals surface area (Å²) >= 11 is 6.01. The Balaban J connectivity index is 1.52. The number of nitrogens with zero attached hydrogens (tertiary/aromatic N) is 3. The molecule has 0 saturated heterocycles. The van der Waals surface area contributed by atoms with E-state index in [1.54, 1.807) is 62.5 Å². The van der Waals surface area contributed by atoms with Gasteiger partial charge in [0, 0.05) is 23.3 Å². The molecule has 1 atom stereocenters. The molecule has 4 rings (SSSR count). The number of benzene rings is 2. The maximum absolute atomic E-state index is 13.1. The van der Waals surface area contributed by atoms with Crippen LogP contribution in [-0.4, -0.2) is 38.6 Å². The Kier molecular flexibility index (Phi) is 5.87. The number of amides is 3. The van der Waals surface area contributed by atoms with Gasteiger partial charge in [0.15, 0.2) is 5.82 Å². The maximum Gasteiger partial charge on any atom is 0.256 e. The van der Waals surface area contributed by atoms with Gasteiger partial charge in [0.25, 0.3) is 11.8 Å². The standard InChI is InChI=1S/C23H20ClN5O3/c1-13-10-25-11-20(26-13)28-22(31)16-5-3-15(4-6-16)12-29-14(2)21(30)27-19-9-17(24)7-8-18(19)23(29)32/h3-11,14H,12H2,1-2H3,(H,27,30)(H,26,28,31). The number of aromatic nitrogens is 2. The van der Waals surface area contributed by atoms with Crippen LogP contribution in [-0.2, 0) is 11.3 Å². The first-order valence-corrected chi connectivity index (χ1v) is 10.3. The van der Waals surface area contributed by atoms with Crippen molar-refractivity contribution in [3.63, 3.8) is 0 Å². The lowest BCUT2D eigenvalue weighted by molar-refractivity contribution is -0.120. The molecule has 3 amide bonds. The Morgan fingerprint density at radius 1 is 1.16 bits per heavy atom. The van der Waals surface area contributed by atoms with Crippen LogP contribution in [0, 0.1) is 6.92 Å². The largest absolute Gasteiger partial charge is 0.324 e. The fourth-order valence-corrected chi connectivity index (χ4v) is 3.57. The van der Waals surface area contributed by atoms with E-state index < -0.39 is 6.04 Å². The normalized spacial score (nSPS) is 15.6. The molecule has 9 heteroatoms. The molecule has 1 unspecified atom stereocenters. The molecule has 0 fully saturated rings. The van der Waals surface area contributed by atoms with Crippen LogP contribution in [0.5, 0.6) is 0 Å². The monoisotopic (exact) mass is 449 g/mol. The number of hydrogen-bond acceptors (Lipinski definition) is 5. The number of rotatable bonds is 4. The molecule has 2 N–H and O–H groups in total. The summed E-state index contributed by atoms with van der Waals surface area (Å²) in [4.78, 5) is 47.9. The van der Waals surface area contributed by atoms with E-state index in [0.29, 0.717) is 33.3 Å². The molecule has 0 saturated carbocycles. The third-order valence-electron chi connectivity index (χ3n) is 5.14. The van der Waals surface area contributed by atoms with Crippen molar-refractivity contribution < 1.29 is 14.4 Å². The van der Waals surface area contributed by atoms with Gasteiger partial charge in [-0.3, -0.25) is 19.4 Å².